The lowest BCUT2D eigenvalue weighted by molar-refractivity contribution is -0.158. The second-order valence-electron chi connectivity index (χ2n) is 8.14. The van der Waals surface area contributed by atoms with Gasteiger partial charge in [0.1, 0.15) is 11.5 Å². The fraction of sp³-hybridized carbons (Fsp3) is 0.292. The van der Waals surface area contributed by atoms with Crippen LogP contribution in [-0.4, -0.2) is 36.5 Å². The highest BCUT2D eigenvalue weighted by Gasteiger charge is 2.24. The third-order valence-corrected chi connectivity index (χ3v) is 5.57. The van der Waals surface area contributed by atoms with Gasteiger partial charge in [-0.25, -0.2) is 4.79 Å². The molecule has 0 unspecified atom stereocenters. The van der Waals surface area contributed by atoms with Gasteiger partial charge >= 0.3 is 17.8 Å². The smallest absolute Gasteiger partial charge is 0.394 e. The number of aryl methyl sites for hydroxylation is 1. The van der Waals surface area contributed by atoms with Gasteiger partial charge in [-0.1, -0.05) is 23.7 Å². The summed E-state index contributed by atoms with van der Waals surface area (Å²) in [5.74, 6) is 0.193. The van der Waals surface area contributed by atoms with Crippen molar-refractivity contribution in [2.24, 2.45) is 7.05 Å². The summed E-state index contributed by atoms with van der Waals surface area (Å²) >= 11 is 6.00. The third-order valence-electron chi connectivity index (χ3n) is 5.32. The van der Waals surface area contributed by atoms with Crippen LogP contribution in [0.2, 0.25) is 5.02 Å². The second kappa shape index (κ2) is 10.1. The summed E-state index contributed by atoms with van der Waals surface area (Å²) < 4.78 is 40.5. The van der Waals surface area contributed by atoms with Gasteiger partial charge in [0.05, 0.1) is 6.54 Å². The summed E-state index contributed by atoms with van der Waals surface area (Å²) in [6, 6.07) is 12.5. The van der Waals surface area contributed by atoms with Crippen molar-refractivity contribution in [3.8, 4) is 17.5 Å². The van der Waals surface area contributed by atoms with Crippen LogP contribution in [0.1, 0.15) is 18.9 Å². The molecule has 2 aromatic heterocycles. The van der Waals surface area contributed by atoms with Crippen LogP contribution in [0.15, 0.2) is 58.1 Å². The maximum Gasteiger partial charge on any atom is 0.394 e. The summed E-state index contributed by atoms with van der Waals surface area (Å²) in [5.41, 5.74) is -0.129. The Hall–Kier alpha value is -3.70. The zero-order valence-corrected chi connectivity index (χ0v) is 20.2. The molecule has 0 bridgehead atoms. The number of hydrogen-bond donors (Lipinski definition) is 1. The van der Waals surface area contributed by atoms with Crippen LogP contribution >= 0.6 is 11.6 Å². The number of fused-ring (bicyclic) bond motifs is 1. The molecule has 0 saturated carbocycles. The number of aliphatic hydroxyl groups is 1. The molecule has 0 radical (unpaired) electrons. The van der Waals surface area contributed by atoms with E-state index in [4.69, 9.17) is 16.3 Å². The number of ether oxygens (including phenoxy) is 2. The molecular formula is C24H23ClF2N4O5. The largest absolute Gasteiger partial charge is 0.433 e. The Bertz CT molecular complexity index is 1490. The minimum absolute atomic E-state index is 0.0152. The van der Waals surface area contributed by atoms with E-state index in [2.05, 4.69) is 9.72 Å². The van der Waals surface area contributed by atoms with Gasteiger partial charge in [0.2, 0.25) is 0 Å². The first-order chi connectivity index (χ1) is 17.1. The number of rotatable bonds is 9. The van der Waals surface area contributed by atoms with Gasteiger partial charge in [-0.3, -0.25) is 18.5 Å². The van der Waals surface area contributed by atoms with E-state index < -0.39 is 17.4 Å². The van der Waals surface area contributed by atoms with Gasteiger partial charge in [-0.2, -0.15) is 13.8 Å². The standard InChI is InChI=1S/C24H23ClF2N4O5/c1-24(26,27)36-18-10-8-17(9-11-18)35-22-28-20-19(31(22)14-15-4-6-16(25)7-5-15)21(33)30(12-3-13-32)23(34)29(20)2/h4-11,32H,3,12-14H2,1-2H3. The van der Waals surface area contributed by atoms with Crippen LogP contribution in [0, 0.1) is 0 Å². The molecule has 4 aromatic rings. The van der Waals surface area contributed by atoms with Crippen molar-refractivity contribution in [1.82, 2.24) is 18.7 Å². The second-order valence-corrected chi connectivity index (χ2v) is 8.57. The Morgan fingerprint density at radius 2 is 1.67 bits per heavy atom. The maximum absolute atomic E-state index is 13.4. The van der Waals surface area contributed by atoms with Gasteiger partial charge in [-0.05, 0) is 48.4 Å². The number of benzene rings is 2. The molecule has 0 atom stereocenters. The van der Waals surface area contributed by atoms with E-state index >= 15 is 0 Å². The number of aliphatic hydroxyl groups excluding tert-OH is 1. The fourth-order valence-electron chi connectivity index (χ4n) is 3.66. The number of alkyl halides is 2. The van der Waals surface area contributed by atoms with Crippen molar-refractivity contribution in [1.29, 1.82) is 0 Å². The van der Waals surface area contributed by atoms with E-state index in [1.165, 1.54) is 40.4 Å². The summed E-state index contributed by atoms with van der Waals surface area (Å²) in [6.07, 6.45) is -3.11. The van der Waals surface area contributed by atoms with Gasteiger partial charge in [0.15, 0.2) is 11.2 Å². The molecule has 36 heavy (non-hydrogen) atoms. The van der Waals surface area contributed by atoms with Gasteiger partial charge in [-0.15, -0.1) is 0 Å². The minimum atomic E-state index is -3.34. The highest BCUT2D eigenvalue weighted by Crippen LogP contribution is 2.28. The predicted molar refractivity (Wildman–Crippen MR) is 129 cm³/mol. The topological polar surface area (TPSA) is 101 Å². The van der Waals surface area contributed by atoms with E-state index in [1.54, 1.807) is 24.3 Å². The summed E-state index contributed by atoms with van der Waals surface area (Å²) in [7, 11) is 1.49. The fourth-order valence-corrected chi connectivity index (χ4v) is 3.79. The normalized spacial score (nSPS) is 11.7. The molecule has 9 nitrogen and oxygen atoms in total. The van der Waals surface area contributed by atoms with Crippen LogP contribution in [0.3, 0.4) is 0 Å². The van der Waals surface area contributed by atoms with E-state index in [1.807, 2.05) is 0 Å². The molecule has 4 rings (SSSR count). The highest BCUT2D eigenvalue weighted by atomic mass is 35.5. The zero-order valence-electron chi connectivity index (χ0n) is 19.5. The van der Waals surface area contributed by atoms with E-state index in [0.717, 1.165) is 10.1 Å². The van der Waals surface area contributed by atoms with E-state index in [-0.39, 0.29) is 54.8 Å². The first-order valence-corrected chi connectivity index (χ1v) is 11.4. The molecule has 1 N–H and O–H groups in total. The van der Waals surface area contributed by atoms with Crippen molar-refractivity contribution in [2.45, 2.75) is 32.5 Å². The Morgan fingerprint density at radius 1 is 1.03 bits per heavy atom. The Balaban J connectivity index is 1.82. The van der Waals surface area contributed by atoms with Crippen molar-refractivity contribution in [3.63, 3.8) is 0 Å². The number of nitrogens with zero attached hydrogens (tertiary/aromatic N) is 4. The predicted octanol–water partition coefficient (Wildman–Crippen LogP) is 3.76. The SMILES string of the molecule is Cn1c(=O)n(CCCO)c(=O)c2c1nc(Oc1ccc(OC(C)(F)F)cc1)n2Cc1ccc(Cl)cc1. The number of aromatic nitrogens is 4. The maximum atomic E-state index is 13.4. The Labute approximate surface area is 208 Å². The average Bonchev–Trinajstić information content (AvgIpc) is 3.17. The van der Waals surface area contributed by atoms with Crippen LogP contribution in [-0.2, 0) is 20.1 Å². The molecule has 12 heteroatoms. The lowest BCUT2D eigenvalue weighted by Crippen LogP contribution is -2.39. The molecule has 0 fully saturated rings. The lowest BCUT2D eigenvalue weighted by Gasteiger charge is -2.14. The quantitative estimate of drug-likeness (QED) is 0.361. The third kappa shape index (κ3) is 5.42. The summed E-state index contributed by atoms with van der Waals surface area (Å²) in [5, 5.41) is 9.73. The Kier molecular flexibility index (Phi) is 7.14. The van der Waals surface area contributed by atoms with Crippen LogP contribution < -0.4 is 20.7 Å². The van der Waals surface area contributed by atoms with Gasteiger partial charge < -0.3 is 14.6 Å². The van der Waals surface area contributed by atoms with Crippen LogP contribution in [0.25, 0.3) is 11.2 Å². The molecule has 0 saturated heterocycles. The van der Waals surface area contributed by atoms with Crippen LogP contribution in [0.4, 0.5) is 8.78 Å². The molecule has 0 aliphatic heterocycles. The van der Waals surface area contributed by atoms with Crippen molar-refractivity contribution < 1.29 is 23.4 Å². The molecule has 2 aromatic carbocycles. The molecule has 190 valence electrons. The average molecular weight is 521 g/mol. The zero-order chi connectivity index (χ0) is 26.0. The molecule has 2 heterocycles. The van der Waals surface area contributed by atoms with E-state index in [9.17, 15) is 23.5 Å². The minimum Gasteiger partial charge on any atom is -0.433 e. The summed E-state index contributed by atoms with van der Waals surface area (Å²) in [4.78, 5) is 30.6. The molecule has 0 aliphatic carbocycles. The molecular weight excluding hydrogens is 498 g/mol. The van der Waals surface area contributed by atoms with Gasteiger partial charge in [0, 0.05) is 32.1 Å². The molecule has 0 aliphatic rings. The van der Waals surface area contributed by atoms with Crippen molar-refractivity contribution in [3.05, 3.63) is 80.0 Å². The van der Waals surface area contributed by atoms with Gasteiger partial charge in [0.25, 0.3) is 5.56 Å². The highest BCUT2D eigenvalue weighted by molar-refractivity contribution is 6.30. The van der Waals surface area contributed by atoms with Crippen LogP contribution in [0.5, 0.6) is 17.5 Å². The molecule has 0 spiro atoms. The monoisotopic (exact) mass is 520 g/mol. The molecule has 0 amide bonds. The number of hydrogen-bond acceptors (Lipinski definition) is 6. The van der Waals surface area contributed by atoms with Crippen molar-refractivity contribution in [2.75, 3.05) is 6.61 Å². The summed E-state index contributed by atoms with van der Waals surface area (Å²) in [6.45, 7) is 0.646. The van der Waals surface area contributed by atoms with E-state index in [0.29, 0.717) is 11.9 Å². The number of halogens is 3. The lowest BCUT2D eigenvalue weighted by atomic mass is 10.2. The number of imidazole rings is 1. The first-order valence-electron chi connectivity index (χ1n) is 11.0. The van der Waals surface area contributed by atoms with Crippen molar-refractivity contribution >= 4 is 22.8 Å². The first kappa shape index (κ1) is 25.4. The Morgan fingerprint density at radius 3 is 2.28 bits per heavy atom.